The van der Waals surface area contributed by atoms with E-state index < -0.39 is 4.92 Å². The van der Waals surface area contributed by atoms with Crippen molar-refractivity contribution in [2.45, 2.75) is 18.9 Å². The molecule has 0 atom stereocenters. The number of hydrogen-bond donors (Lipinski definition) is 1. The predicted octanol–water partition coefficient (Wildman–Crippen LogP) is 1.17. The number of hydrogen-bond acceptors (Lipinski definition) is 7. The molecule has 0 radical (unpaired) electrons. The second-order valence-corrected chi connectivity index (χ2v) is 6.45. The van der Waals surface area contributed by atoms with Crippen LogP contribution in [0.25, 0.3) is 0 Å². The summed E-state index contributed by atoms with van der Waals surface area (Å²) in [6, 6.07) is 7.80. The Morgan fingerprint density at radius 2 is 2.04 bits per heavy atom. The van der Waals surface area contributed by atoms with Crippen molar-refractivity contribution in [3.05, 3.63) is 57.0 Å². The minimum atomic E-state index is -0.469. The lowest BCUT2D eigenvalue weighted by Crippen LogP contribution is -2.44. The number of para-hydroxylation sites is 2. The Labute approximate surface area is 160 Å². The number of aromatic nitrogens is 2. The monoisotopic (exact) mass is 387 g/mol. The minimum absolute atomic E-state index is 0.00886. The number of piperidine rings is 1. The summed E-state index contributed by atoms with van der Waals surface area (Å²) in [6.45, 7) is 0.981. The summed E-state index contributed by atoms with van der Waals surface area (Å²) in [4.78, 5) is 36.6. The zero-order chi connectivity index (χ0) is 20.1. The molecule has 2 heterocycles. The van der Waals surface area contributed by atoms with Gasteiger partial charge in [-0.2, -0.15) is 5.10 Å². The van der Waals surface area contributed by atoms with Gasteiger partial charge in [-0.25, -0.2) is 4.68 Å². The summed E-state index contributed by atoms with van der Waals surface area (Å²) in [5.74, 6) is 0.121. The second-order valence-electron chi connectivity index (χ2n) is 6.45. The van der Waals surface area contributed by atoms with Crippen LogP contribution in [0, 0.1) is 10.1 Å². The second kappa shape index (κ2) is 8.51. The van der Waals surface area contributed by atoms with Gasteiger partial charge in [-0.15, -0.1) is 0 Å². The van der Waals surface area contributed by atoms with Crippen molar-refractivity contribution in [2.24, 2.45) is 7.05 Å². The summed E-state index contributed by atoms with van der Waals surface area (Å²) in [7, 11) is 1.54. The minimum Gasteiger partial charge on any atom is -0.483 e. The van der Waals surface area contributed by atoms with E-state index >= 15 is 0 Å². The molecule has 28 heavy (non-hydrogen) atoms. The number of benzene rings is 1. The molecule has 1 aliphatic heterocycles. The van der Waals surface area contributed by atoms with Gasteiger partial charge in [-0.1, -0.05) is 12.1 Å². The Hall–Kier alpha value is -3.43. The van der Waals surface area contributed by atoms with Crippen LogP contribution >= 0.6 is 0 Å². The first kappa shape index (κ1) is 19.3. The number of rotatable bonds is 6. The third-order valence-corrected chi connectivity index (χ3v) is 4.59. The number of anilines is 1. The first-order valence-electron chi connectivity index (χ1n) is 8.89. The molecular formula is C18H21N5O5. The lowest BCUT2D eigenvalue weighted by Gasteiger charge is -2.32. The average Bonchev–Trinajstić information content (AvgIpc) is 2.69. The fraction of sp³-hybridized carbons (Fsp3) is 0.389. The third kappa shape index (κ3) is 4.45. The molecule has 2 aromatic rings. The molecule has 10 nitrogen and oxygen atoms in total. The highest BCUT2D eigenvalue weighted by Crippen LogP contribution is 2.28. The van der Waals surface area contributed by atoms with Crippen LogP contribution in [0.4, 0.5) is 11.4 Å². The lowest BCUT2D eigenvalue weighted by atomic mass is 10.1. The van der Waals surface area contributed by atoms with Crippen molar-refractivity contribution in [3.63, 3.8) is 0 Å². The highest BCUT2D eigenvalue weighted by atomic mass is 16.6. The van der Waals surface area contributed by atoms with E-state index in [0.29, 0.717) is 31.6 Å². The molecule has 1 saturated heterocycles. The average molecular weight is 387 g/mol. The number of aryl methyl sites for hydroxylation is 1. The van der Waals surface area contributed by atoms with Crippen LogP contribution in [0.1, 0.15) is 12.8 Å². The quantitative estimate of drug-likeness (QED) is 0.583. The van der Waals surface area contributed by atoms with Gasteiger partial charge in [0.25, 0.3) is 5.56 Å². The highest BCUT2D eigenvalue weighted by Gasteiger charge is 2.26. The molecule has 1 aromatic heterocycles. The Morgan fingerprint density at radius 1 is 1.32 bits per heavy atom. The molecule has 148 valence electrons. The van der Waals surface area contributed by atoms with E-state index in [0.717, 1.165) is 0 Å². The molecule has 3 rings (SSSR count). The molecule has 1 amide bonds. The number of nitro groups is 1. The molecule has 1 aromatic carbocycles. The fourth-order valence-corrected chi connectivity index (χ4v) is 3.03. The molecular weight excluding hydrogens is 366 g/mol. The summed E-state index contributed by atoms with van der Waals surface area (Å²) < 4.78 is 6.98. The van der Waals surface area contributed by atoms with Crippen molar-refractivity contribution in [3.8, 4) is 5.75 Å². The van der Waals surface area contributed by atoms with E-state index in [9.17, 15) is 19.7 Å². The highest BCUT2D eigenvalue weighted by molar-refractivity contribution is 5.80. The topological polar surface area (TPSA) is 120 Å². The Kier molecular flexibility index (Phi) is 5.87. The Bertz CT molecular complexity index is 921. The maximum atomic E-state index is 12.4. The van der Waals surface area contributed by atoms with Crippen LogP contribution in [-0.4, -0.2) is 51.2 Å². The van der Waals surface area contributed by atoms with Crippen LogP contribution in [0.2, 0.25) is 0 Å². The number of ether oxygens (including phenoxy) is 1. The molecule has 1 fully saturated rings. The first-order valence-corrected chi connectivity index (χ1v) is 8.89. The predicted molar refractivity (Wildman–Crippen MR) is 101 cm³/mol. The zero-order valence-corrected chi connectivity index (χ0v) is 15.4. The van der Waals surface area contributed by atoms with E-state index in [1.165, 1.54) is 30.1 Å². The van der Waals surface area contributed by atoms with E-state index in [1.807, 2.05) is 0 Å². The summed E-state index contributed by atoms with van der Waals surface area (Å²) in [5.41, 5.74) is -0.0449. The van der Waals surface area contributed by atoms with Crippen LogP contribution in [0.3, 0.4) is 0 Å². The third-order valence-electron chi connectivity index (χ3n) is 4.59. The van der Waals surface area contributed by atoms with Gasteiger partial charge in [0.05, 0.1) is 11.5 Å². The standard InChI is InChI=1S/C18H21N5O5/c1-21-18(25)14(6-9-20-21)19-12-17(24)22-10-7-13(8-11-22)28-16-5-3-2-4-15(16)23(26)27/h2-6,9,13,19H,7-8,10-12H2,1H3. The van der Waals surface area contributed by atoms with Gasteiger partial charge in [0.2, 0.25) is 5.91 Å². The fourth-order valence-electron chi connectivity index (χ4n) is 3.03. The van der Waals surface area contributed by atoms with Crippen LogP contribution in [0.15, 0.2) is 41.3 Å². The van der Waals surface area contributed by atoms with Crippen LogP contribution < -0.4 is 15.6 Å². The normalized spacial score (nSPS) is 14.5. The van der Waals surface area contributed by atoms with Crippen molar-refractivity contribution < 1.29 is 14.5 Å². The van der Waals surface area contributed by atoms with Gasteiger partial charge in [0.1, 0.15) is 11.8 Å². The van der Waals surface area contributed by atoms with E-state index in [1.54, 1.807) is 23.1 Å². The molecule has 10 heteroatoms. The summed E-state index contributed by atoms with van der Waals surface area (Å²) in [6.07, 6.45) is 2.45. The number of nitro benzene ring substituents is 1. The lowest BCUT2D eigenvalue weighted by molar-refractivity contribution is -0.386. The van der Waals surface area contributed by atoms with Gasteiger partial charge >= 0.3 is 5.69 Å². The Balaban J connectivity index is 1.51. The molecule has 0 spiro atoms. The largest absolute Gasteiger partial charge is 0.483 e. The van der Waals surface area contributed by atoms with Crippen molar-refractivity contribution >= 4 is 17.3 Å². The first-order chi connectivity index (χ1) is 13.5. The Morgan fingerprint density at radius 3 is 2.75 bits per heavy atom. The summed E-state index contributed by atoms with van der Waals surface area (Å²) in [5, 5.41) is 17.8. The van der Waals surface area contributed by atoms with Gasteiger partial charge in [0.15, 0.2) is 5.75 Å². The zero-order valence-electron chi connectivity index (χ0n) is 15.4. The number of likely N-dealkylation sites (tertiary alicyclic amines) is 1. The summed E-state index contributed by atoms with van der Waals surface area (Å²) >= 11 is 0. The molecule has 1 N–H and O–H groups in total. The van der Waals surface area contributed by atoms with E-state index in [-0.39, 0.29) is 35.6 Å². The smallest absolute Gasteiger partial charge is 0.310 e. The van der Waals surface area contributed by atoms with Gasteiger partial charge in [0, 0.05) is 45.2 Å². The van der Waals surface area contributed by atoms with Crippen molar-refractivity contribution in [2.75, 3.05) is 25.0 Å². The molecule has 0 aliphatic carbocycles. The maximum absolute atomic E-state index is 12.4. The molecule has 0 saturated carbocycles. The SMILES string of the molecule is Cn1nccc(NCC(=O)N2CCC(Oc3ccccc3[N+](=O)[O-])CC2)c1=O. The number of nitrogens with one attached hydrogen (secondary N) is 1. The number of carbonyl (C=O) groups is 1. The maximum Gasteiger partial charge on any atom is 0.310 e. The van der Waals surface area contributed by atoms with Crippen LogP contribution in [-0.2, 0) is 11.8 Å². The molecule has 0 bridgehead atoms. The number of amides is 1. The number of nitrogens with zero attached hydrogens (tertiary/aromatic N) is 4. The molecule has 0 unspecified atom stereocenters. The molecule has 1 aliphatic rings. The van der Waals surface area contributed by atoms with E-state index in [4.69, 9.17) is 4.74 Å². The van der Waals surface area contributed by atoms with Gasteiger partial charge < -0.3 is 15.0 Å². The van der Waals surface area contributed by atoms with Gasteiger partial charge in [-0.05, 0) is 12.1 Å². The van der Waals surface area contributed by atoms with Crippen molar-refractivity contribution in [1.29, 1.82) is 0 Å². The number of carbonyl (C=O) groups excluding carboxylic acids is 1. The van der Waals surface area contributed by atoms with Crippen LogP contribution in [0.5, 0.6) is 5.75 Å². The van der Waals surface area contributed by atoms with Gasteiger partial charge in [-0.3, -0.25) is 19.7 Å². The van der Waals surface area contributed by atoms with E-state index in [2.05, 4.69) is 10.4 Å². The van der Waals surface area contributed by atoms with Crippen molar-refractivity contribution in [1.82, 2.24) is 14.7 Å².